The quantitative estimate of drug-likeness (QED) is 0.0316. The van der Waals surface area contributed by atoms with E-state index < -0.39 is 35.1 Å². The molecule has 4 heterocycles. The third kappa shape index (κ3) is 16.7. The van der Waals surface area contributed by atoms with Crippen molar-refractivity contribution in [3.8, 4) is 11.4 Å². The molecule has 4 N–H and O–H groups in total. The molecule has 0 bridgehead atoms. The molecule has 79 heavy (non-hydrogen) atoms. The summed E-state index contributed by atoms with van der Waals surface area (Å²) in [6, 6.07) is 20.1. The molecule has 1 aromatic heterocycles. The minimum Gasteiger partial charge on any atom is -0.379 e. The molecule has 0 atom stereocenters. The number of likely N-dealkylation sites (tertiary alicyclic amines) is 1. The van der Waals surface area contributed by atoms with Gasteiger partial charge < -0.3 is 59.4 Å². The zero-order valence-electron chi connectivity index (χ0n) is 44.0. The fourth-order valence-electron chi connectivity index (χ4n) is 8.86. The zero-order chi connectivity index (χ0) is 55.7. The number of urea groups is 1. The fourth-order valence-corrected chi connectivity index (χ4v) is 9.32. The summed E-state index contributed by atoms with van der Waals surface area (Å²) in [4.78, 5) is 81.7. The first kappa shape index (κ1) is 58.4. The average molecular weight is 1210 g/mol. The van der Waals surface area contributed by atoms with Gasteiger partial charge >= 0.3 is 6.03 Å². The molecule has 422 valence electrons. The molecule has 3 aliphatic heterocycles. The van der Waals surface area contributed by atoms with E-state index in [1.807, 2.05) is 44.5 Å². The lowest BCUT2D eigenvalue weighted by Crippen LogP contribution is -2.49. The maximum atomic E-state index is 14.7. The molecule has 0 saturated carbocycles. The first-order valence-corrected chi connectivity index (χ1v) is 27.1. The van der Waals surface area contributed by atoms with E-state index in [4.69, 9.17) is 38.7 Å². The highest BCUT2D eigenvalue weighted by molar-refractivity contribution is 14.1. The summed E-state index contributed by atoms with van der Waals surface area (Å²) in [5.74, 6) is -2.72. The standard InChI is InChI=1S/C54H64F3IN12O9/c1-66(2)41-15-18-68(19-16-41)51(73)37-5-10-40(11-6-37)60-54(74)59-39-8-3-36(4-9-39)49-62-52(64-53(63-49)70-24-27-76-28-25-70)69-22-20-67(21-23-69)46(71)17-26-75-29-30-77-31-32-78-33-34-79-65-50(72)42-12-13-43(55)47(57)48(42)61-45-14-7-38(58)35-44(45)56/h3-14,35,41,61H,15-34H2,1-2H3,(H,65,72)(H2,59,60,74). The van der Waals surface area contributed by atoms with Gasteiger partial charge in [0.25, 0.3) is 11.8 Å². The molecule has 25 heteroatoms. The van der Waals surface area contributed by atoms with Gasteiger partial charge in [-0.2, -0.15) is 15.0 Å². The van der Waals surface area contributed by atoms with Gasteiger partial charge in [0.15, 0.2) is 17.5 Å². The number of morpholine rings is 1. The summed E-state index contributed by atoms with van der Waals surface area (Å²) in [5.41, 5.74) is 3.58. The molecule has 5 amide bonds. The van der Waals surface area contributed by atoms with Crippen LogP contribution in [0.3, 0.4) is 0 Å². The van der Waals surface area contributed by atoms with Gasteiger partial charge in [-0.25, -0.2) is 23.4 Å². The first-order valence-electron chi connectivity index (χ1n) is 26.0. The number of benzene rings is 4. The van der Waals surface area contributed by atoms with Crippen LogP contribution in [-0.4, -0.2) is 185 Å². The number of halogens is 4. The van der Waals surface area contributed by atoms with Crippen LogP contribution in [0.2, 0.25) is 0 Å². The van der Waals surface area contributed by atoms with Gasteiger partial charge in [-0.15, -0.1) is 0 Å². The van der Waals surface area contributed by atoms with Crippen LogP contribution in [0.5, 0.6) is 0 Å². The highest BCUT2D eigenvalue weighted by Crippen LogP contribution is 2.30. The number of carbonyl (C=O) groups is 4. The lowest BCUT2D eigenvalue weighted by molar-refractivity contribution is -0.132. The van der Waals surface area contributed by atoms with E-state index in [2.05, 4.69) is 45.3 Å². The van der Waals surface area contributed by atoms with Gasteiger partial charge in [0.2, 0.25) is 17.8 Å². The monoisotopic (exact) mass is 1210 g/mol. The Balaban J connectivity index is 0.711. The summed E-state index contributed by atoms with van der Waals surface area (Å²) >= 11 is 1.91. The molecule has 0 unspecified atom stereocenters. The smallest absolute Gasteiger partial charge is 0.323 e. The van der Waals surface area contributed by atoms with Gasteiger partial charge in [-0.3, -0.25) is 19.2 Å². The maximum Gasteiger partial charge on any atom is 0.323 e. The molecule has 3 aliphatic rings. The van der Waals surface area contributed by atoms with Crippen LogP contribution in [0.1, 0.15) is 40.0 Å². The van der Waals surface area contributed by atoms with E-state index in [-0.39, 0.29) is 75.7 Å². The maximum absolute atomic E-state index is 14.7. The second-order valence-corrected chi connectivity index (χ2v) is 20.1. The van der Waals surface area contributed by atoms with Crippen molar-refractivity contribution in [1.82, 2.24) is 35.1 Å². The Morgan fingerprint density at radius 1 is 0.671 bits per heavy atom. The Morgan fingerprint density at radius 2 is 1.27 bits per heavy atom. The summed E-state index contributed by atoms with van der Waals surface area (Å²) in [6.45, 7) is 6.97. The molecule has 3 saturated heterocycles. The highest BCUT2D eigenvalue weighted by Gasteiger charge is 2.27. The lowest BCUT2D eigenvalue weighted by atomic mass is 10.0. The number of aromatic nitrogens is 3. The molecule has 4 aromatic carbocycles. The molecule has 0 aliphatic carbocycles. The average Bonchev–Trinajstić information content (AvgIpc) is 3.46. The number of amides is 5. The Labute approximate surface area is 469 Å². The van der Waals surface area contributed by atoms with Crippen molar-refractivity contribution in [1.29, 1.82) is 0 Å². The fraction of sp³-hybridized carbons (Fsp3) is 0.426. The van der Waals surface area contributed by atoms with Crippen LogP contribution in [0.25, 0.3) is 11.4 Å². The first-order chi connectivity index (χ1) is 38.3. The largest absolute Gasteiger partial charge is 0.379 e. The van der Waals surface area contributed by atoms with Crippen LogP contribution in [-0.2, 0) is 28.6 Å². The number of rotatable bonds is 23. The number of anilines is 6. The van der Waals surface area contributed by atoms with Crippen LogP contribution >= 0.6 is 22.6 Å². The van der Waals surface area contributed by atoms with Gasteiger partial charge in [-0.1, -0.05) is 0 Å². The zero-order valence-corrected chi connectivity index (χ0v) is 46.1. The van der Waals surface area contributed by atoms with Crippen LogP contribution in [0.4, 0.5) is 52.6 Å². The number of carbonyl (C=O) groups excluding carboxylic acids is 4. The Bertz CT molecular complexity index is 2860. The topological polar surface area (TPSA) is 217 Å². The Hall–Kier alpha value is -6.75. The molecule has 3 fully saturated rings. The number of ether oxygens (including phenoxy) is 4. The van der Waals surface area contributed by atoms with Crippen LogP contribution in [0, 0.1) is 21.0 Å². The van der Waals surface area contributed by atoms with Crippen molar-refractivity contribution in [2.45, 2.75) is 25.3 Å². The third-order valence-corrected chi connectivity index (χ3v) is 14.0. The van der Waals surface area contributed by atoms with Crippen molar-refractivity contribution in [2.75, 3.05) is 152 Å². The Morgan fingerprint density at radius 3 is 1.89 bits per heavy atom. The number of hydroxylamine groups is 1. The van der Waals surface area contributed by atoms with Crippen molar-refractivity contribution < 1.29 is 56.1 Å². The predicted molar refractivity (Wildman–Crippen MR) is 298 cm³/mol. The summed E-state index contributed by atoms with van der Waals surface area (Å²) in [6.07, 6.45) is 2.08. The second-order valence-electron chi connectivity index (χ2n) is 18.8. The van der Waals surface area contributed by atoms with Gasteiger partial charge in [0.1, 0.15) is 5.82 Å². The van der Waals surface area contributed by atoms with E-state index >= 15 is 0 Å². The summed E-state index contributed by atoms with van der Waals surface area (Å²) in [5, 5.41) is 8.16. The lowest BCUT2D eigenvalue weighted by Gasteiger charge is -2.35. The van der Waals surface area contributed by atoms with E-state index in [0.29, 0.717) is 110 Å². The third-order valence-electron chi connectivity index (χ3n) is 13.3. The van der Waals surface area contributed by atoms with Crippen molar-refractivity contribution in [3.05, 3.63) is 111 Å². The second kappa shape index (κ2) is 28.9. The summed E-state index contributed by atoms with van der Waals surface area (Å²) in [7, 11) is 4.13. The number of nitrogens with zero attached hydrogens (tertiary/aromatic N) is 8. The molecule has 0 spiro atoms. The van der Waals surface area contributed by atoms with E-state index in [1.165, 1.54) is 12.1 Å². The number of hydrogen-bond donors (Lipinski definition) is 4. The molecular weight excluding hydrogens is 1140 g/mol. The highest BCUT2D eigenvalue weighted by atomic mass is 127. The van der Waals surface area contributed by atoms with Gasteiger partial charge in [-0.05, 0) is 128 Å². The molecule has 21 nitrogen and oxygen atoms in total. The number of nitrogens with one attached hydrogen (secondary N) is 4. The molecule has 5 aromatic rings. The number of hydrogen-bond acceptors (Lipinski definition) is 16. The predicted octanol–water partition coefficient (Wildman–Crippen LogP) is 6.40. The SMILES string of the molecule is CN(C)C1CCN(C(=O)c2ccc(NC(=O)Nc3ccc(-c4nc(N5CCOCC5)nc(N5CCN(C(=O)CCOCCOCCOCCONC(=O)c6ccc(F)c(F)c6Nc6ccc(I)cc6F)CC5)n4)cc3)cc2)CC1. The van der Waals surface area contributed by atoms with Crippen molar-refractivity contribution in [2.24, 2.45) is 0 Å². The minimum atomic E-state index is -1.35. The molecule has 0 radical (unpaired) electrons. The van der Waals surface area contributed by atoms with E-state index in [9.17, 15) is 32.3 Å². The Kier molecular flexibility index (Phi) is 21.4. The van der Waals surface area contributed by atoms with Crippen molar-refractivity contribution >= 4 is 81.0 Å². The van der Waals surface area contributed by atoms with Gasteiger partial charge in [0, 0.05) is 84.5 Å². The minimum absolute atomic E-state index is 0.0119. The molecular formula is C54H64F3IN12O9. The normalized spacial score (nSPS) is 15.1. The van der Waals surface area contributed by atoms with Crippen LogP contribution < -0.4 is 31.2 Å². The van der Waals surface area contributed by atoms with Gasteiger partial charge in [0.05, 0.1) is 82.8 Å². The number of piperazine rings is 1. The summed E-state index contributed by atoms with van der Waals surface area (Å²) < 4.78 is 66.0. The van der Waals surface area contributed by atoms with Crippen molar-refractivity contribution in [3.63, 3.8) is 0 Å². The van der Waals surface area contributed by atoms with Crippen LogP contribution in [0.15, 0.2) is 78.9 Å². The number of piperidine rings is 1. The molecule has 8 rings (SSSR count). The van der Waals surface area contributed by atoms with E-state index in [1.54, 1.807) is 47.4 Å². The van der Waals surface area contributed by atoms with E-state index in [0.717, 1.165) is 30.5 Å².